The number of carbonyl (C=O) groups excluding carboxylic acids is 2. The van der Waals surface area contributed by atoms with Crippen molar-refractivity contribution in [2.75, 3.05) is 5.32 Å². The van der Waals surface area contributed by atoms with E-state index in [0.717, 1.165) is 9.13 Å². The van der Waals surface area contributed by atoms with Gasteiger partial charge in [-0.15, -0.1) is 0 Å². The molecule has 0 saturated carbocycles. The predicted molar refractivity (Wildman–Crippen MR) is 101 cm³/mol. The van der Waals surface area contributed by atoms with Crippen LogP contribution in [0.4, 0.5) is 5.69 Å². The number of benzene rings is 2. The van der Waals surface area contributed by atoms with E-state index in [1.165, 1.54) is 0 Å². The van der Waals surface area contributed by atoms with E-state index in [9.17, 15) is 9.59 Å². The number of hydrogen-bond donors (Lipinski definition) is 2. The average molecular weight is 422 g/mol. The fourth-order valence-corrected chi connectivity index (χ4v) is 2.64. The summed E-state index contributed by atoms with van der Waals surface area (Å²) in [5, 5.41) is 5.71. The molecule has 5 heteroatoms. The van der Waals surface area contributed by atoms with Gasteiger partial charge in [0.1, 0.15) is 0 Å². The van der Waals surface area contributed by atoms with Crippen molar-refractivity contribution in [3.05, 3.63) is 63.2 Å². The third-order valence-electron chi connectivity index (χ3n) is 3.11. The third-order valence-corrected chi connectivity index (χ3v) is 3.78. The second kappa shape index (κ2) is 8.10. The molecule has 4 nitrogen and oxygen atoms in total. The van der Waals surface area contributed by atoms with Gasteiger partial charge in [-0.2, -0.15) is 0 Å². The number of rotatable bonds is 5. The molecule has 0 fully saturated rings. The summed E-state index contributed by atoms with van der Waals surface area (Å²) in [6.45, 7) is 3.86. The van der Waals surface area contributed by atoms with E-state index in [1.54, 1.807) is 6.07 Å². The lowest BCUT2D eigenvalue weighted by Gasteiger charge is -2.09. The van der Waals surface area contributed by atoms with Crippen LogP contribution in [0, 0.1) is 3.57 Å². The molecule has 0 aliphatic rings. The minimum Gasteiger partial charge on any atom is -0.354 e. The Morgan fingerprint density at radius 1 is 1.09 bits per heavy atom. The normalized spacial score (nSPS) is 10.4. The van der Waals surface area contributed by atoms with Crippen LogP contribution in [-0.2, 0) is 11.2 Å². The van der Waals surface area contributed by atoms with E-state index in [0.29, 0.717) is 17.7 Å². The highest BCUT2D eigenvalue weighted by Crippen LogP contribution is 2.13. The summed E-state index contributed by atoms with van der Waals surface area (Å²) in [5.41, 5.74) is 2.24. The minimum absolute atomic E-state index is 0.00403. The van der Waals surface area contributed by atoms with Crippen LogP contribution in [0.2, 0.25) is 0 Å². The Labute approximate surface area is 149 Å². The SMILES string of the molecule is CC(C)NC(=O)Cc1ccc(NC(=O)c2cccc(I)c2)cc1. The first-order chi connectivity index (χ1) is 10.9. The lowest BCUT2D eigenvalue weighted by atomic mass is 10.1. The molecule has 2 amide bonds. The number of nitrogens with one attached hydrogen (secondary N) is 2. The highest BCUT2D eigenvalue weighted by Gasteiger charge is 2.08. The van der Waals surface area contributed by atoms with Gasteiger partial charge in [-0.05, 0) is 72.3 Å². The number of hydrogen-bond acceptors (Lipinski definition) is 2. The quantitative estimate of drug-likeness (QED) is 0.724. The van der Waals surface area contributed by atoms with Crippen molar-refractivity contribution in [1.29, 1.82) is 0 Å². The van der Waals surface area contributed by atoms with E-state index < -0.39 is 0 Å². The van der Waals surface area contributed by atoms with Crippen LogP contribution in [-0.4, -0.2) is 17.9 Å². The van der Waals surface area contributed by atoms with Crippen LogP contribution in [0.15, 0.2) is 48.5 Å². The van der Waals surface area contributed by atoms with Crippen LogP contribution in [0.25, 0.3) is 0 Å². The Morgan fingerprint density at radius 3 is 2.39 bits per heavy atom. The third kappa shape index (κ3) is 5.67. The largest absolute Gasteiger partial charge is 0.354 e. The van der Waals surface area contributed by atoms with Gasteiger partial charge in [-0.3, -0.25) is 9.59 Å². The number of carbonyl (C=O) groups is 2. The van der Waals surface area contributed by atoms with Crippen LogP contribution in [0.5, 0.6) is 0 Å². The van der Waals surface area contributed by atoms with Gasteiger partial charge in [0.15, 0.2) is 0 Å². The van der Waals surface area contributed by atoms with E-state index in [4.69, 9.17) is 0 Å². The minimum atomic E-state index is -0.145. The smallest absolute Gasteiger partial charge is 0.255 e. The number of amides is 2. The molecule has 2 aromatic rings. The second-order valence-corrected chi connectivity index (χ2v) is 6.81. The van der Waals surface area contributed by atoms with Crippen LogP contribution in [0.1, 0.15) is 29.8 Å². The van der Waals surface area contributed by atoms with Crippen LogP contribution >= 0.6 is 22.6 Å². The van der Waals surface area contributed by atoms with E-state index in [2.05, 4.69) is 33.2 Å². The van der Waals surface area contributed by atoms with Gasteiger partial charge < -0.3 is 10.6 Å². The summed E-state index contributed by atoms with van der Waals surface area (Å²) in [6, 6.07) is 14.9. The molecule has 0 aromatic heterocycles. The molecule has 0 aliphatic carbocycles. The Balaban J connectivity index is 1.97. The van der Waals surface area contributed by atoms with E-state index in [-0.39, 0.29) is 17.9 Å². The van der Waals surface area contributed by atoms with E-state index >= 15 is 0 Å². The standard InChI is InChI=1S/C18H19IN2O2/c1-12(2)20-17(22)10-13-6-8-16(9-7-13)21-18(23)14-4-3-5-15(19)11-14/h3-9,11-12H,10H2,1-2H3,(H,20,22)(H,21,23). The molecule has 0 atom stereocenters. The topological polar surface area (TPSA) is 58.2 Å². The highest BCUT2D eigenvalue weighted by molar-refractivity contribution is 14.1. The first-order valence-corrected chi connectivity index (χ1v) is 8.47. The zero-order valence-electron chi connectivity index (χ0n) is 13.1. The van der Waals surface area contributed by atoms with Gasteiger partial charge >= 0.3 is 0 Å². The molecule has 2 aromatic carbocycles. The molecule has 0 heterocycles. The Kier molecular flexibility index (Phi) is 6.15. The van der Waals surface area contributed by atoms with Gasteiger partial charge in [0.05, 0.1) is 6.42 Å². The van der Waals surface area contributed by atoms with Gasteiger partial charge in [0.2, 0.25) is 5.91 Å². The first-order valence-electron chi connectivity index (χ1n) is 7.39. The van der Waals surface area contributed by atoms with Crippen molar-refractivity contribution in [3.8, 4) is 0 Å². The molecule has 0 unspecified atom stereocenters. The highest BCUT2D eigenvalue weighted by atomic mass is 127. The van der Waals surface area contributed by atoms with E-state index in [1.807, 2.05) is 56.3 Å². The lowest BCUT2D eigenvalue weighted by Crippen LogP contribution is -2.31. The monoisotopic (exact) mass is 422 g/mol. The van der Waals surface area contributed by atoms with Gasteiger partial charge in [0, 0.05) is 20.9 Å². The maximum atomic E-state index is 12.2. The summed E-state index contributed by atoms with van der Waals surface area (Å²) in [5.74, 6) is -0.149. The Morgan fingerprint density at radius 2 is 1.78 bits per heavy atom. The molecule has 23 heavy (non-hydrogen) atoms. The van der Waals surface area contributed by atoms with Crippen molar-refractivity contribution < 1.29 is 9.59 Å². The van der Waals surface area contributed by atoms with Crippen molar-refractivity contribution >= 4 is 40.1 Å². The molecule has 0 saturated heterocycles. The Hall–Kier alpha value is -1.89. The summed E-state index contributed by atoms with van der Waals surface area (Å²) in [7, 11) is 0. The Bertz CT molecular complexity index is 696. The molecular formula is C18H19IN2O2. The number of halogens is 1. The molecule has 0 radical (unpaired) electrons. The van der Waals surface area contributed by atoms with Crippen molar-refractivity contribution in [1.82, 2.24) is 5.32 Å². The van der Waals surface area contributed by atoms with Crippen LogP contribution in [0.3, 0.4) is 0 Å². The zero-order valence-corrected chi connectivity index (χ0v) is 15.3. The molecule has 120 valence electrons. The number of anilines is 1. The van der Waals surface area contributed by atoms with Gasteiger partial charge in [0.25, 0.3) is 5.91 Å². The fraction of sp³-hybridized carbons (Fsp3) is 0.222. The van der Waals surface area contributed by atoms with Gasteiger partial charge in [-0.1, -0.05) is 18.2 Å². The maximum Gasteiger partial charge on any atom is 0.255 e. The van der Waals surface area contributed by atoms with Crippen LogP contribution < -0.4 is 10.6 Å². The first kappa shape index (κ1) is 17.5. The van der Waals surface area contributed by atoms with Crippen molar-refractivity contribution in [2.45, 2.75) is 26.3 Å². The molecule has 2 rings (SSSR count). The lowest BCUT2D eigenvalue weighted by molar-refractivity contribution is -0.120. The van der Waals surface area contributed by atoms with Crippen molar-refractivity contribution in [2.24, 2.45) is 0 Å². The molecule has 0 bridgehead atoms. The predicted octanol–water partition coefficient (Wildman–Crippen LogP) is 3.61. The summed E-state index contributed by atoms with van der Waals surface area (Å²) >= 11 is 2.18. The molecule has 0 spiro atoms. The summed E-state index contributed by atoms with van der Waals surface area (Å²) in [6.07, 6.45) is 0.337. The van der Waals surface area contributed by atoms with Crippen molar-refractivity contribution in [3.63, 3.8) is 0 Å². The molecule has 2 N–H and O–H groups in total. The zero-order chi connectivity index (χ0) is 16.8. The maximum absolute atomic E-state index is 12.2. The molecule has 0 aliphatic heterocycles. The second-order valence-electron chi connectivity index (χ2n) is 5.56. The average Bonchev–Trinajstić information content (AvgIpc) is 2.48. The van der Waals surface area contributed by atoms with Gasteiger partial charge in [-0.25, -0.2) is 0 Å². The summed E-state index contributed by atoms with van der Waals surface area (Å²) < 4.78 is 1.02. The molecular weight excluding hydrogens is 403 g/mol. The summed E-state index contributed by atoms with van der Waals surface area (Å²) in [4.78, 5) is 23.9. The fourth-order valence-electron chi connectivity index (χ4n) is 2.10.